The van der Waals surface area contributed by atoms with Gasteiger partial charge in [0.15, 0.2) is 0 Å². The monoisotopic (exact) mass is 362 g/mol. The molecule has 1 N–H and O–H groups in total. The molecule has 6 nitrogen and oxygen atoms in total. The van der Waals surface area contributed by atoms with Crippen LogP contribution in [0.3, 0.4) is 0 Å². The number of aryl methyl sites for hydroxylation is 2. The molecular formula is C21H22N4O2. The maximum Gasteiger partial charge on any atom is 0.248 e. The minimum absolute atomic E-state index is 0.206. The number of amides is 1. The van der Waals surface area contributed by atoms with Gasteiger partial charge in [-0.15, -0.1) is 0 Å². The molecule has 0 aliphatic carbocycles. The normalized spacial score (nSPS) is 10.9. The molecule has 0 atom stereocenters. The first kappa shape index (κ1) is 18.4. The van der Waals surface area contributed by atoms with Gasteiger partial charge in [-0.25, -0.2) is 0 Å². The van der Waals surface area contributed by atoms with Crippen LogP contribution < -0.4 is 10.1 Å². The lowest BCUT2D eigenvalue weighted by molar-refractivity contribution is -0.111. The van der Waals surface area contributed by atoms with E-state index in [0.29, 0.717) is 18.0 Å². The summed E-state index contributed by atoms with van der Waals surface area (Å²) in [6.45, 7) is 4.32. The Bertz CT molecular complexity index is 962. The van der Waals surface area contributed by atoms with E-state index in [2.05, 4.69) is 15.4 Å². The molecule has 0 fully saturated rings. The third-order valence-corrected chi connectivity index (χ3v) is 4.20. The summed E-state index contributed by atoms with van der Waals surface area (Å²) in [5.74, 6) is 0.474. The fourth-order valence-electron chi connectivity index (χ4n) is 2.69. The SMILES string of the molecule is Cc1nn(C)c(C)c1/C=C/C(=O)Nc1cccc(OCc2cccnc2)c1. The Kier molecular flexibility index (Phi) is 5.66. The number of hydrogen-bond donors (Lipinski definition) is 1. The highest BCUT2D eigenvalue weighted by molar-refractivity contribution is 6.02. The summed E-state index contributed by atoms with van der Waals surface area (Å²) in [5, 5.41) is 7.19. The van der Waals surface area contributed by atoms with Gasteiger partial charge in [-0.2, -0.15) is 5.10 Å². The van der Waals surface area contributed by atoms with E-state index in [4.69, 9.17) is 4.74 Å². The molecule has 138 valence electrons. The molecule has 3 rings (SSSR count). The molecule has 2 aromatic heterocycles. The maximum absolute atomic E-state index is 12.2. The van der Waals surface area contributed by atoms with Gasteiger partial charge < -0.3 is 10.1 Å². The molecule has 0 spiro atoms. The van der Waals surface area contributed by atoms with Gasteiger partial charge in [0.1, 0.15) is 12.4 Å². The topological polar surface area (TPSA) is 69.0 Å². The maximum atomic E-state index is 12.2. The molecular weight excluding hydrogens is 340 g/mol. The molecule has 0 saturated heterocycles. The average Bonchev–Trinajstić information content (AvgIpc) is 2.91. The summed E-state index contributed by atoms with van der Waals surface area (Å²) >= 11 is 0. The number of benzene rings is 1. The zero-order valence-electron chi connectivity index (χ0n) is 15.6. The lowest BCUT2D eigenvalue weighted by Crippen LogP contribution is -2.08. The lowest BCUT2D eigenvalue weighted by Gasteiger charge is -2.08. The first-order valence-electron chi connectivity index (χ1n) is 8.64. The average molecular weight is 362 g/mol. The number of carbonyl (C=O) groups is 1. The first-order valence-corrected chi connectivity index (χ1v) is 8.64. The Labute approximate surface area is 158 Å². The van der Waals surface area contributed by atoms with Crippen LogP contribution in [-0.4, -0.2) is 20.7 Å². The molecule has 1 aromatic carbocycles. The van der Waals surface area contributed by atoms with Gasteiger partial charge in [-0.3, -0.25) is 14.5 Å². The zero-order chi connectivity index (χ0) is 19.2. The van der Waals surface area contributed by atoms with Gasteiger partial charge in [-0.05, 0) is 38.1 Å². The van der Waals surface area contributed by atoms with Crippen molar-refractivity contribution in [3.05, 3.63) is 77.4 Å². The van der Waals surface area contributed by atoms with E-state index in [-0.39, 0.29) is 5.91 Å². The van der Waals surface area contributed by atoms with Gasteiger partial charge in [0.05, 0.1) is 5.69 Å². The number of pyridine rings is 1. The van der Waals surface area contributed by atoms with E-state index in [1.54, 1.807) is 29.2 Å². The molecule has 6 heteroatoms. The van der Waals surface area contributed by atoms with Crippen LogP contribution in [0.25, 0.3) is 6.08 Å². The Morgan fingerprint density at radius 3 is 2.81 bits per heavy atom. The van der Waals surface area contributed by atoms with E-state index in [0.717, 1.165) is 22.5 Å². The van der Waals surface area contributed by atoms with E-state index in [1.807, 2.05) is 51.2 Å². The number of anilines is 1. The van der Waals surface area contributed by atoms with Crippen molar-refractivity contribution in [3.63, 3.8) is 0 Å². The molecule has 0 unspecified atom stereocenters. The Morgan fingerprint density at radius 2 is 2.11 bits per heavy atom. The molecule has 0 radical (unpaired) electrons. The summed E-state index contributed by atoms with van der Waals surface area (Å²) in [4.78, 5) is 16.3. The quantitative estimate of drug-likeness (QED) is 0.680. The number of nitrogens with zero attached hydrogens (tertiary/aromatic N) is 3. The molecule has 0 saturated carbocycles. The minimum Gasteiger partial charge on any atom is -0.489 e. The van der Waals surface area contributed by atoms with Gasteiger partial charge in [0.2, 0.25) is 5.91 Å². The van der Waals surface area contributed by atoms with Crippen molar-refractivity contribution in [2.24, 2.45) is 7.05 Å². The van der Waals surface area contributed by atoms with Gasteiger partial charge in [0, 0.05) is 54.1 Å². The Hall–Kier alpha value is -3.41. The van der Waals surface area contributed by atoms with E-state index in [1.165, 1.54) is 6.08 Å². The summed E-state index contributed by atoms with van der Waals surface area (Å²) in [6.07, 6.45) is 6.79. The smallest absolute Gasteiger partial charge is 0.248 e. The second-order valence-electron chi connectivity index (χ2n) is 6.21. The van der Waals surface area contributed by atoms with Crippen molar-refractivity contribution in [2.45, 2.75) is 20.5 Å². The molecule has 0 bridgehead atoms. The highest BCUT2D eigenvalue weighted by Gasteiger charge is 2.07. The van der Waals surface area contributed by atoms with E-state index in [9.17, 15) is 4.79 Å². The van der Waals surface area contributed by atoms with E-state index >= 15 is 0 Å². The van der Waals surface area contributed by atoms with Crippen LogP contribution in [0, 0.1) is 13.8 Å². The van der Waals surface area contributed by atoms with Crippen LogP contribution in [0.4, 0.5) is 5.69 Å². The second-order valence-corrected chi connectivity index (χ2v) is 6.21. The van der Waals surface area contributed by atoms with E-state index < -0.39 is 0 Å². The Balaban J connectivity index is 1.61. The van der Waals surface area contributed by atoms with Crippen molar-refractivity contribution < 1.29 is 9.53 Å². The molecule has 0 aliphatic rings. The Morgan fingerprint density at radius 1 is 1.26 bits per heavy atom. The number of carbonyl (C=O) groups excluding carboxylic acids is 1. The van der Waals surface area contributed by atoms with Gasteiger partial charge >= 0.3 is 0 Å². The van der Waals surface area contributed by atoms with Gasteiger partial charge in [-0.1, -0.05) is 12.1 Å². The number of ether oxygens (including phenoxy) is 1. The predicted molar refractivity (Wildman–Crippen MR) is 105 cm³/mol. The molecule has 27 heavy (non-hydrogen) atoms. The molecule has 0 aliphatic heterocycles. The van der Waals surface area contributed by atoms with Crippen LogP contribution in [-0.2, 0) is 18.4 Å². The van der Waals surface area contributed by atoms with Crippen LogP contribution in [0.1, 0.15) is 22.5 Å². The number of nitrogens with one attached hydrogen (secondary N) is 1. The van der Waals surface area contributed by atoms with Crippen molar-refractivity contribution >= 4 is 17.7 Å². The third kappa shape index (κ3) is 4.82. The van der Waals surface area contributed by atoms with Gasteiger partial charge in [0.25, 0.3) is 0 Å². The first-order chi connectivity index (χ1) is 13.0. The van der Waals surface area contributed by atoms with Crippen molar-refractivity contribution in [1.82, 2.24) is 14.8 Å². The predicted octanol–water partition coefficient (Wildman–Crippen LogP) is 3.66. The fourth-order valence-corrected chi connectivity index (χ4v) is 2.69. The number of hydrogen-bond acceptors (Lipinski definition) is 4. The molecule has 2 heterocycles. The summed E-state index contributed by atoms with van der Waals surface area (Å²) < 4.78 is 7.56. The summed E-state index contributed by atoms with van der Waals surface area (Å²) in [7, 11) is 1.89. The fraction of sp³-hybridized carbons (Fsp3) is 0.190. The lowest BCUT2D eigenvalue weighted by atomic mass is 10.2. The van der Waals surface area contributed by atoms with Crippen LogP contribution in [0.15, 0.2) is 54.9 Å². The van der Waals surface area contributed by atoms with Crippen molar-refractivity contribution in [3.8, 4) is 5.75 Å². The standard InChI is InChI=1S/C21H22N4O2/c1-15-20(16(2)25(3)24-15)9-10-21(26)23-18-7-4-8-19(12-18)27-14-17-6-5-11-22-13-17/h4-13H,14H2,1-3H3,(H,23,26)/b10-9+. The van der Waals surface area contributed by atoms with Crippen LogP contribution >= 0.6 is 0 Å². The molecule has 3 aromatic rings. The number of rotatable bonds is 6. The minimum atomic E-state index is -0.206. The highest BCUT2D eigenvalue weighted by Crippen LogP contribution is 2.19. The van der Waals surface area contributed by atoms with Crippen LogP contribution in [0.2, 0.25) is 0 Å². The summed E-state index contributed by atoms with van der Waals surface area (Å²) in [5.41, 5.74) is 4.53. The van der Waals surface area contributed by atoms with Crippen molar-refractivity contribution in [1.29, 1.82) is 0 Å². The third-order valence-electron chi connectivity index (χ3n) is 4.20. The second kappa shape index (κ2) is 8.31. The van der Waals surface area contributed by atoms with Crippen molar-refractivity contribution in [2.75, 3.05) is 5.32 Å². The zero-order valence-corrected chi connectivity index (χ0v) is 15.6. The summed E-state index contributed by atoms with van der Waals surface area (Å²) in [6, 6.07) is 11.1. The number of aromatic nitrogens is 3. The van der Waals surface area contributed by atoms with Crippen LogP contribution in [0.5, 0.6) is 5.75 Å². The highest BCUT2D eigenvalue weighted by atomic mass is 16.5. The molecule has 1 amide bonds. The largest absolute Gasteiger partial charge is 0.489 e.